The molecule has 5 heteroatoms. The summed E-state index contributed by atoms with van der Waals surface area (Å²) in [7, 11) is 0. The molecule has 2 amide bonds. The highest BCUT2D eigenvalue weighted by Crippen LogP contribution is 2.33. The number of anilines is 1. The molecule has 1 N–H and O–H groups in total. The molecule has 1 aliphatic rings. The van der Waals surface area contributed by atoms with Crippen LogP contribution >= 0.6 is 0 Å². The summed E-state index contributed by atoms with van der Waals surface area (Å²) in [5.74, 6) is -0.00498. The topological polar surface area (TPSA) is 62.3 Å². The van der Waals surface area contributed by atoms with Crippen molar-refractivity contribution in [2.24, 2.45) is 5.92 Å². The Bertz CT molecular complexity index is 776. The molecule has 26 heavy (non-hydrogen) atoms. The van der Waals surface area contributed by atoms with Crippen molar-refractivity contribution in [3.63, 3.8) is 0 Å². The van der Waals surface area contributed by atoms with Crippen molar-refractivity contribution in [2.75, 3.05) is 11.4 Å². The number of nitrogens with zero attached hydrogens (tertiary/aromatic N) is 2. The van der Waals surface area contributed by atoms with Gasteiger partial charge in [0.2, 0.25) is 11.8 Å². The maximum atomic E-state index is 12.6. The molecule has 2 unspecified atom stereocenters. The van der Waals surface area contributed by atoms with E-state index in [2.05, 4.69) is 30.2 Å². The molecule has 1 aromatic heterocycles. The van der Waals surface area contributed by atoms with E-state index in [1.165, 1.54) is 5.56 Å². The number of nitrogens with one attached hydrogen (secondary N) is 1. The van der Waals surface area contributed by atoms with E-state index >= 15 is 0 Å². The SMILES string of the molecule is CCC(C)c1ccccc1N1CC(C(=O)NCc2cccnc2)CC1=O. The predicted octanol–water partition coefficient (Wildman–Crippen LogP) is 3.26. The van der Waals surface area contributed by atoms with Gasteiger partial charge in [-0.15, -0.1) is 0 Å². The van der Waals surface area contributed by atoms with Crippen LogP contribution in [-0.2, 0) is 16.1 Å². The number of para-hydroxylation sites is 1. The molecule has 0 radical (unpaired) electrons. The van der Waals surface area contributed by atoms with Gasteiger partial charge in [-0.05, 0) is 35.6 Å². The Morgan fingerprint density at radius 2 is 2.12 bits per heavy atom. The van der Waals surface area contributed by atoms with Crippen LogP contribution < -0.4 is 10.2 Å². The monoisotopic (exact) mass is 351 g/mol. The molecule has 1 aliphatic heterocycles. The summed E-state index contributed by atoms with van der Waals surface area (Å²) < 4.78 is 0. The fourth-order valence-electron chi connectivity index (χ4n) is 3.32. The summed E-state index contributed by atoms with van der Waals surface area (Å²) in [6, 6.07) is 11.8. The molecule has 0 spiro atoms. The Kier molecular flexibility index (Phi) is 5.66. The van der Waals surface area contributed by atoms with Crippen molar-refractivity contribution in [3.8, 4) is 0 Å². The third kappa shape index (κ3) is 3.93. The summed E-state index contributed by atoms with van der Waals surface area (Å²) in [5.41, 5.74) is 3.05. The first-order chi connectivity index (χ1) is 12.6. The Labute approximate surface area is 154 Å². The van der Waals surface area contributed by atoms with Crippen LogP contribution in [0.3, 0.4) is 0 Å². The van der Waals surface area contributed by atoms with Crippen molar-refractivity contribution < 1.29 is 9.59 Å². The van der Waals surface area contributed by atoms with Gasteiger partial charge in [-0.2, -0.15) is 0 Å². The quantitative estimate of drug-likeness (QED) is 0.869. The lowest BCUT2D eigenvalue weighted by Gasteiger charge is -2.23. The summed E-state index contributed by atoms with van der Waals surface area (Å²) in [5, 5.41) is 2.92. The van der Waals surface area contributed by atoms with Crippen LogP contribution in [0.25, 0.3) is 0 Å². The van der Waals surface area contributed by atoms with Crippen molar-refractivity contribution in [1.29, 1.82) is 0 Å². The van der Waals surface area contributed by atoms with E-state index in [0.29, 0.717) is 19.0 Å². The zero-order valence-corrected chi connectivity index (χ0v) is 15.3. The second kappa shape index (κ2) is 8.13. The van der Waals surface area contributed by atoms with E-state index < -0.39 is 0 Å². The predicted molar refractivity (Wildman–Crippen MR) is 102 cm³/mol. The summed E-state index contributed by atoms with van der Waals surface area (Å²) in [4.78, 5) is 30.9. The highest BCUT2D eigenvalue weighted by molar-refractivity contribution is 6.00. The van der Waals surface area contributed by atoms with Gasteiger partial charge in [0.1, 0.15) is 0 Å². The van der Waals surface area contributed by atoms with E-state index in [1.54, 1.807) is 17.3 Å². The van der Waals surface area contributed by atoms with Gasteiger partial charge < -0.3 is 10.2 Å². The Balaban J connectivity index is 1.68. The van der Waals surface area contributed by atoms with E-state index in [4.69, 9.17) is 0 Å². The van der Waals surface area contributed by atoms with Gasteiger partial charge in [0, 0.05) is 37.6 Å². The van der Waals surface area contributed by atoms with Gasteiger partial charge in [-0.3, -0.25) is 14.6 Å². The van der Waals surface area contributed by atoms with Gasteiger partial charge in [0.05, 0.1) is 5.92 Å². The van der Waals surface area contributed by atoms with Gasteiger partial charge >= 0.3 is 0 Å². The second-order valence-electron chi connectivity index (χ2n) is 6.85. The Morgan fingerprint density at radius 1 is 1.31 bits per heavy atom. The zero-order chi connectivity index (χ0) is 18.5. The maximum Gasteiger partial charge on any atom is 0.227 e. The lowest BCUT2D eigenvalue weighted by atomic mass is 9.96. The smallest absolute Gasteiger partial charge is 0.227 e. The fourth-order valence-corrected chi connectivity index (χ4v) is 3.32. The van der Waals surface area contributed by atoms with Crippen LogP contribution in [0.1, 0.15) is 43.7 Å². The van der Waals surface area contributed by atoms with Gasteiger partial charge in [0.15, 0.2) is 0 Å². The first-order valence-electron chi connectivity index (χ1n) is 9.16. The Hall–Kier alpha value is -2.69. The molecule has 5 nitrogen and oxygen atoms in total. The number of aromatic nitrogens is 1. The third-order valence-electron chi connectivity index (χ3n) is 5.06. The molecule has 136 valence electrons. The number of hydrogen-bond acceptors (Lipinski definition) is 3. The van der Waals surface area contributed by atoms with Crippen LogP contribution in [0, 0.1) is 5.92 Å². The minimum atomic E-state index is -0.316. The molecule has 2 heterocycles. The molecule has 2 aromatic rings. The van der Waals surface area contributed by atoms with Crippen molar-refractivity contribution in [1.82, 2.24) is 10.3 Å². The number of carbonyl (C=O) groups is 2. The largest absolute Gasteiger partial charge is 0.352 e. The minimum absolute atomic E-state index is 0.0160. The van der Waals surface area contributed by atoms with Crippen molar-refractivity contribution in [3.05, 3.63) is 59.9 Å². The average Bonchev–Trinajstić information content (AvgIpc) is 3.08. The number of amides is 2. The van der Waals surface area contributed by atoms with Crippen LogP contribution in [0.2, 0.25) is 0 Å². The van der Waals surface area contributed by atoms with Gasteiger partial charge in [-0.1, -0.05) is 38.1 Å². The van der Waals surface area contributed by atoms with E-state index in [-0.39, 0.29) is 24.2 Å². The first kappa shape index (κ1) is 18.1. The summed E-state index contributed by atoms with van der Waals surface area (Å²) in [6.45, 7) is 5.17. The normalized spacial score (nSPS) is 18.0. The highest BCUT2D eigenvalue weighted by atomic mass is 16.2. The lowest BCUT2D eigenvalue weighted by molar-refractivity contribution is -0.126. The van der Waals surface area contributed by atoms with Crippen LogP contribution in [0.4, 0.5) is 5.69 Å². The molecular formula is C21H25N3O2. The second-order valence-corrected chi connectivity index (χ2v) is 6.85. The minimum Gasteiger partial charge on any atom is -0.352 e. The average molecular weight is 351 g/mol. The van der Waals surface area contributed by atoms with Crippen LogP contribution in [0.5, 0.6) is 0 Å². The molecule has 1 fully saturated rings. The molecular weight excluding hydrogens is 326 g/mol. The highest BCUT2D eigenvalue weighted by Gasteiger charge is 2.36. The van der Waals surface area contributed by atoms with Crippen LogP contribution in [0.15, 0.2) is 48.8 Å². The Morgan fingerprint density at radius 3 is 2.85 bits per heavy atom. The zero-order valence-electron chi connectivity index (χ0n) is 15.3. The number of pyridine rings is 1. The van der Waals surface area contributed by atoms with Crippen molar-refractivity contribution in [2.45, 2.75) is 39.2 Å². The van der Waals surface area contributed by atoms with Crippen LogP contribution in [-0.4, -0.2) is 23.3 Å². The molecule has 0 saturated carbocycles. The summed E-state index contributed by atoms with van der Waals surface area (Å²) in [6.07, 6.45) is 4.70. The molecule has 0 bridgehead atoms. The molecule has 2 atom stereocenters. The first-order valence-corrected chi connectivity index (χ1v) is 9.16. The number of carbonyl (C=O) groups excluding carboxylic acids is 2. The standard InChI is InChI=1S/C21H25N3O2/c1-3-15(2)18-8-4-5-9-19(18)24-14-17(11-20(24)25)21(26)23-13-16-7-6-10-22-12-16/h4-10,12,15,17H,3,11,13-14H2,1-2H3,(H,23,26). The van der Waals surface area contributed by atoms with Gasteiger partial charge in [0.25, 0.3) is 0 Å². The summed E-state index contributed by atoms with van der Waals surface area (Å²) >= 11 is 0. The molecule has 1 saturated heterocycles. The van der Waals surface area contributed by atoms with E-state index in [0.717, 1.165) is 17.7 Å². The number of benzene rings is 1. The van der Waals surface area contributed by atoms with E-state index in [9.17, 15) is 9.59 Å². The number of hydrogen-bond donors (Lipinski definition) is 1. The van der Waals surface area contributed by atoms with E-state index in [1.807, 2.05) is 30.3 Å². The van der Waals surface area contributed by atoms with Crippen molar-refractivity contribution >= 4 is 17.5 Å². The fraction of sp³-hybridized carbons (Fsp3) is 0.381. The molecule has 0 aliphatic carbocycles. The number of rotatable bonds is 6. The molecule has 1 aromatic carbocycles. The lowest BCUT2D eigenvalue weighted by Crippen LogP contribution is -2.33. The third-order valence-corrected chi connectivity index (χ3v) is 5.06. The van der Waals surface area contributed by atoms with Gasteiger partial charge in [-0.25, -0.2) is 0 Å². The maximum absolute atomic E-state index is 12.6. The molecule has 3 rings (SSSR count).